The molecule has 0 fully saturated rings. The molecule has 1 amide bonds. The zero-order valence-corrected chi connectivity index (χ0v) is 10.2. The number of alkyl halides is 3. The van der Waals surface area contributed by atoms with Crippen molar-refractivity contribution in [1.82, 2.24) is 5.32 Å². The van der Waals surface area contributed by atoms with Gasteiger partial charge in [-0.05, 0) is 30.7 Å². The first kappa shape index (κ1) is 15.4. The van der Waals surface area contributed by atoms with E-state index in [0.29, 0.717) is 25.1 Å². The van der Waals surface area contributed by atoms with Gasteiger partial charge in [0.25, 0.3) is 0 Å². The van der Waals surface area contributed by atoms with E-state index >= 15 is 0 Å². The molecule has 0 saturated carbocycles. The molecule has 0 aliphatic carbocycles. The summed E-state index contributed by atoms with van der Waals surface area (Å²) in [6, 6.07) is 1.33. The van der Waals surface area contributed by atoms with Crippen LogP contribution in [0.15, 0.2) is 18.2 Å². The number of nitrogens with two attached hydrogens (primary N) is 1. The van der Waals surface area contributed by atoms with Crippen LogP contribution in [0.25, 0.3) is 0 Å². The average Bonchev–Trinajstić information content (AvgIpc) is 2.29. The largest absolute Gasteiger partial charge is 0.419 e. The number of rotatable bonds is 5. The summed E-state index contributed by atoms with van der Waals surface area (Å²) in [5, 5.41) is 2.72. The lowest BCUT2D eigenvalue weighted by Crippen LogP contribution is -2.34. The molecule has 1 rings (SSSR count). The fourth-order valence-electron chi connectivity index (χ4n) is 1.61. The first-order chi connectivity index (χ1) is 8.77. The van der Waals surface area contributed by atoms with Gasteiger partial charge in [-0.2, -0.15) is 13.2 Å². The molecule has 3 nitrogen and oxygen atoms in total. The number of carbonyl (C=O) groups is 1. The van der Waals surface area contributed by atoms with Gasteiger partial charge in [0.05, 0.1) is 5.56 Å². The van der Waals surface area contributed by atoms with Crippen LogP contribution in [0.4, 0.5) is 17.6 Å². The van der Waals surface area contributed by atoms with Crippen molar-refractivity contribution in [2.45, 2.75) is 25.6 Å². The van der Waals surface area contributed by atoms with Gasteiger partial charge in [-0.1, -0.05) is 13.0 Å². The number of halogens is 4. The number of benzene rings is 1. The van der Waals surface area contributed by atoms with Gasteiger partial charge >= 0.3 is 6.18 Å². The van der Waals surface area contributed by atoms with Gasteiger partial charge < -0.3 is 11.1 Å². The maximum absolute atomic E-state index is 13.1. The normalized spacial score (nSPS) is 13.3. The summed E-state index contributed by atoms with van der Waals surface area (Å²) >= 11 is 0. The summed E-state index contributed by atoms with van der Waals surface area (Å²) < 4.78 is 50.8. The maximum Gasteiger partial charge on any atom is 0.419 e. The molecule has 1 unspecified atom stereocenters. The van der Waals surface area contributed by atoms with Crippen LogP contribution in [0, 0.1) is 5.82 Å². The molecule has 106 valence electrons. The first-order valence-electron chi connectivity index (χ1n) is 5.66. The van der Waals surface area contributed by atoms with Gasteiger partial charge in [0, 0.05) is 0 Å². The Bertz CT molecular complexity index is 460. The average molecular weight is 278 g/mol. The highest BCUT2D eigenvalue weighted by Crippen LogP contribution is 2.33. The molecule has 0 radical (unpaired) electrons. The molecule has 0 spiro atoms. The topological polar surface area (TPSA) is 55.1 Å². The Morgan fingerprint density at radius 3 is 2.53 bits per heavy atom. The zero-order chi connectivity index (χ0) is 14.6. The molecule has 3 N–H and O–H groups in total. The highest BCUT2D eigenvalue weighted by molar-refractivity contribution is 5.81. The van der Waals surface area contributed by atoms with E-state index in [1.165, 1.54) is 0 Å². The SMILES string of the molecule is CCCNC(C(N)=O)c1ccc(F)c(C(F)(F)F)c1. The number of amides is 1. The van der Waals surface area contributed by atoms with E-state index in [9.17, 15) is 22.4 Å². The minimum absolute atomic E-state index is 0.00493. The number of primary amides is 1. The van der Waals surface area contributed by atoms with Crippen molar-refractivity contribution in [2.24, 2.45) is 5.73 Å². The number of hydrogen-bond donors (Lipinski definition) is 2. The number of nitrogens with one attached hydrogen (secondary N) is 1. The van der Waals surface area contributed by atoms with Crippen molar-refractivity contribution in [3.05, 3.63) is 35.1 Å². The van der Waals surface area contributed by atoms with E-state index in [-0.39, 0.29) is 5.56 Å². The van der Waals surface area contributed by atoms with Gasteiger partial charge in [0.2, 0.25) is 5.91 Å². The standard InChI is InChI=1S/C12H14F4N2O/c1-2-5-18-10(11(17)19)7-3-4-9(13)8(6-7)12(14,15)16/h3-4,6,10,18H,2,5H2,1H3,(H2,17,19). The Kier molecular flexibility index (Phi) is 4.88. The van der Waals surface area contributed by atoms with Crippen LogP contribution in [-0.4, -0.2) is 12.5 Å². The smallest absolute Gasteiger partial charge is 0.368 e. The van der Waals surface area contributed by atoms with Crippen molar-refractivity contribution in [1.29, 1.82) is 0 Å². The van der Waals surface area contributed by atoms with Gasteiger partial charge in [-0.25, -0.2) is 4.39 Å². The molecule has 0 bridgehead atoms. The van der Waals surface area contributed by atoms with E-state index in [1.54, 1.807) is 0 Å². The molecule has 0 saturated heterocycles. The van der Waals surface area contributed by atoms with Crippen molar-refractivity contribution >= 4 is 5.91 Å². The third kappa shape index (κ3) is 3.92. The predicted molar refractivity (Wildman–Crippen MR) is 61.6 cm³/mol. The molecule has 0 heterocycles. The monoisotopic (exact) mass is 278 g/mol. The van der Waals surface area contributed by atoms with Crippen LogP contribution < -0.4 is 11.1 Å². The molecule has 19 heavy (non-hydrogen) atoms. The van der Waals surface area contributed by atoms with Crippen molar-refractivity contribution in [3.63, 3.8) is 0 Å². The second kappa shape index (κ2) is 6.01. The van der Waals surface area contributed by atoms with Gasteiger partial charge in [-0.15, -0.1) is 0 Å². The minimum Gasteiger partial charge on any atom is -0.368 e. The highest BCUT2D eigenvalue weighted by Gasteiger charge is 2.35. The molecule has 0 aromatic heterocycles. The maximum atomic E-state index is 13.1. The van der Waals surface area contributed by atoms with Crippen molar-refractivity contribution in [3.8, 4) is 0 Å². The second-order valence-corrected chi connectivity index (χ2v) is 4.03. The molecular formula is C12H14F4N2O. The lowest BCUT2D eigenvalue weighted by molar-refractivity contribution is -0.140. The Morgan fingerprint density at radius 2 is 2.05 bits per heavy atom. The molecule has 7 heteroatoms. The van der Waals surface area contributed by atoms with Crippen LogP contribution in [-0.2, 0) is 11.0 Å². The third-order valence-electron chi connectivity index (χ3n) is 2.51. The molecule has 0 aliphatic rings. The van der Waals surface area contributed by atoms with E-state index < -0.39 is 29.5 Å². The van der Waals surface area contributed by atoms with Crippen molar-refractivity contribution < 1.29 is 22.4 Å². The van der Waals surface area contributed by atoms with Crippen LogP contribution in [0.3, 0.4) is 0 Å². The van der Waals surface area contributed by atoms with Gasteiger partial charge in [0.1, 0.15) is 11.9 Å². The fraction of sp³-hybridized carbons (Fsp3) is 0.417. The van der Waals surface area contributed by atoms with Gasteiger partial charge in [0.15, 0.2) is 0 Å². The summed E-state index contributed by atoms with van der Waals surface area (Å²) in [6.07, 6.45) is -4.13. The predicted octanol–water partition coefficient (Wildman–Crippen LogP) is 2.37. The third-order valence-corrected chi connectivity index (χ3v) is 2.51. The molecule has 1 atom stereocenters. The lowest BCUT2D eigenvalue weighted by Gasteiger charge is -2.17. The molecular weight excluding hydrogens is 264 g/mol. The van der Waals surface area contributed by atoms with Gasteiger partial charge in [-0.3, -0.25) is 4.79 Å². The summed E-state index contributed by atoms with van der Waals surface area (Å²) in [5.74, 6) is -2.19. The van der Waals surface area contributed by atoms with E-state index in [2.05, 4.69) is 5.32 Å². The first-order valence-corrected chi connectivity index (χ1v) is 5.66. The highest BCUT2D eigenvalue weighted by atomic mass is 19.4. The summed E-state index contributed by atoms with van der Waals surface area (Å²) in [7, 11) is 0. The Labute approximate surface area is 107 Å². The Balaban J connectivity index is 3.15. The van der Waals surface area contributed by atoms with Crippen LogP contribution in [0.2, 0.25) is 0 Å². The zero-order valence-electron chi connectivity index (χ0n) is 10.2. The van der Waals surface area contributed by atoms with Crippen LogP contribution in [0.1, 0.15) is 30.5 Å². The number of hydrogen-bond acceptors (Lipinski definition) is 2. The lowest BCUT2D eigenvalue weighted by atomic mass is 10.0. The van der Waals surface area contributed by atoms with Crippen LogP contribution in [0.5, 0.6) is 0 Å². The summed E-state index contributed by atoms with van der Waals surface area (Å²) in [4.78, 5) is 11.2. The van der Waals surface area contributed by atoms with E-state index in [1.807, 2.05) is 6.92 Å². The second-order valence-electron chi connectivity index (χ2n) is 4.03. The van der Waals surface area contributed by atoms with E-state index in [0.717, 1.165) is 6.07 Å². The van der Waals surface area contributed by atoms with Crippen molar-refractivity contribution in [2.75, 3.05) is 6.54 Å². The Hall–Kier alpha value is -1.63. The van der Waals surface area contributed by atoms with E-state index in [4.69, 9.17) is 5.73 Å². The molecule has 0 aliphatic heterocycles. The van der Waals surface area contributed by atoms with Crippen LogP contribution >= 0.6 is 0 Å². The Morgan fingerprint density at radius 1 is 1.42 bits per heavy atom. The molecule has 1 aromatic carbocycles. The number of carbonyl (C=O) groups excluding carboxylic acids is 1. The molecule has 1 aromatic rings. The minimum atomic E-state index is -4.81. The summed E-state index contributed by atoms with van der Waals surface area (Å²) in [5.41, 5.74) is 3.72. The summed E-state index contributed by atoms with van der Waals surface area (Å²) in [6.45, 7) is 2.24. The quantitative estimate of drug-likeness (QED) is 0.812. The fourth-order valence-corrected chi connectivity index (χ4v) is 1.61.